The normalized spacial score (nSPS) is 11.6. The lowest BCUT2D eigenvalue weighted by molar-refractivity contribution is -0.125. The van der Waals surface area contributed by atoms with Gasteiger partial charge in [-0.2, -0.15) is 0 Å². The number of carbonyl (C=O) groups is 1. The average molecular weight is 249 g/mol. The highest BCUT2D eigenvalue weighted by Gasteiger charge is 2.24. The predicted molar refractivity (Wildman–Crippen MR) is 71.1 cm³/mol. The first-order valence-electron chi connectivity index (χ1n) is 5.37. The maximum absolute atomic E-state index is 11.2. The summed E-state index contributed by atoms with van der Waals surface area (Å²) in [6.07, 6.45) is 1.76. The van der Waals surface area contributed by atoms with E-state index >= 15 is 0 Å². The number of aromatic nitrogens is 1. The Morgan fingerprint density at radius 3 is 3.00 bits per heavy atom. The molecule has 5 heteroatoms. The van der Waals surface area contributed by atoms with Crippen LogP contribution in [-0.4, -0.2) is 17.4 Å². The van der Waals surface area contributed by atoms with Crippen LogP contribution < -0.4 is 11.1 Å². The number of rotatable bonds is 4. The molecule has 4 nitrogen and oxygen atoms in total. The molecule has 2 aromatic rings. The second-order valence-electron chi connectivity index (χ2n) is 4.59. The summed E-state index contributed by atoms with van der Waals surface area (Å²) in [6, 6.07) is 4.00. The first kappa shape index (κ1) is 11.9. The van der Waals surface area contributed by atoms with E-state index in [0.29, 0.717) is 6.54 Å². The molecule has 2 rings (SSSR count). The third kappa shape index (κ3) is 2.39. The largest absolute Gasteiger partial charge is 0.369 e. The molecule has 1 amide bonds. The predicted octanol–water partition coefficient (Wildman–Crippen LogP) is 2.22. The number of nitrogens with zero attached hydrogens (tertiary/aromatic N) is 1. The second kappa shape index (κ2) is 4.33. The molecule has 0 aliphatic carbocycles. The number of carbonyl (C=O) groups excluding carboxylic acids is 1. The maximum Gasteiger partial charge on any atom is 0.224 e. The van der Waals surface area contributed by atoms with Crippen molar-refractivity contribution in [3.05, 3.63) is 23.7 Å². The minimum absolute atomic E-state index is 0.317. The first-order chi connectivity index (χ1) is 8.00. The lowest BCUT2D eigenvalue weighted by Crippen LogP contribution is -2.37. The Labute approximate surface area is 104 Å². The summed E-state index contributed by atoms with van der Waals surface area (Å²) in [5.74, 6) is 0.487. The zero-order chi connectivity index (χ0) is 12.5. The summed E-state index contributed by atoms with van der Waals surface area (Å²) in [7, 11) is 0. The van der Waals surface area contributed by atoms with Crippen molar-refractivity contribution in [3.63, 3.8) is 0 Å². The molecule has 0 aliphatic rings. The quantitative estimate of drug-likeness (QED) is 0.873. The number of nitrogens with two attached hydrogens (primary N) is 1. The smallest absolute Gasteiger partial charge is 0.224 e. The number of amides is 1. The third-order valence-electron chi connectivity index (χ3n) is 2.74. The molecule has 0 saturated heterocycles. The van der Waals surface area contributed by atoms with Crippen LogP contribution >= 0.6 is 11.3 Å². The van der Waals surface area contributed by atoms with Gasteiger partial charge in [0.05, 0.1) is 5.41 Å². The molecule has 0 saturated carbocycles. The van der Waals surface area contributed by atoms with Crippen molar-refractivity contribution in [2.45, 2.75) is 13.8 Å². The van der Waals surface area contributed by atoms with Gasteiger partial charge in [-0.3, -0.25) is 4.79 Å². The number of fused-ring (bicyclic) bond motifs is 1. The van der Waals surface area contributed by atoms with Crippen LogP contribution in [0.25, 0.3) is 10.1 Å². The average Bonchev–Trinajstić information content (AvgIpc) is 2.74. The SMILES string of the molecule is CC(C)(CNc1nccc2sccc12)C(N)=O. The Morgan fingerprint density at radius 2 is 2.29 bits per heavy atom. The van der Waals surface area contributed by atoms with Crippen molar-refractivity contribution in [3.8, 4) is 0 Å². The lowest BCUT2D eigenvalue weighted by Gasteiger charge is -2.21. The van der Waals surface area contributed by atoms with Crippen LogP contribution in [0, 0.1) is 5.41 Å². The van der Waals surface area contributed by atoms with Crippen molar-refractivity contribution in [2.24, 2.45) is 11.1 Å². The van der Waals surface area contributed by atoms with E-state index in [9.17, 15) is 4.79 Å². The number of pyridine rings is 1. The molecular weight excluding hydrogens is 234 g/mol. The van der Waals surface area contributed by atoms with Crippen molar-refractivity contribution >= 4 is 33.1 Å². The van der Waals surface area contributed by atoms with Gasteiger partial charge in [0.15, 0.2) is 0 Å². The number of hydrogen-bond acceptors (Lipinski definition) is 4. The molecule has 0 aliphatic heterocycles. The summed E-state index contributed by atoms with van der Waals surface area (Å²) in [5, 5.41) is 6.30. The van der Waals surface area contributed by atoms with E-state index in [-0.39, 0.29) is 5.91 Å². The molecule has 0 spiro atoms. The fourth-order valence-electron chi connectivity index (χ4n) is 1.43. The van der Waals surface area contributed by atoms with Crippen LogP contribution in [0.1, 0.15) is 13.8 Å². The molecule has 0 fully saturated rings. The van der Waals surface area contributed by atoms with E-state index in [1.54, 1.807) is 17.5 Å². The van der Waals surface area contributed by atoms with Gasteiger partial charge in [-0.05, 0) is 31.4 Å². The molecule has 0 aromatic carbocycles. The Morgan fingerprint density at radius 1 is 1.53 bits per heavy atom. The number of hydrogen-bond donors (Lipinski definition) is 2. The molecular formula is C12H15N3OS. The van der Waals surface area contributed by atoms with Gasteiger partial charge in [-0.1, -0.05) is 0 Å². The van der Waals surface area contributed by atoms with E-state index in [1.165, 1.54) is 4.70 Å². The van der Waals surface area contributed by atoms with Gasteiger partial charge < -0.3 is 11.1 Å². The second-order valence-corrected chi connectivity index (χ2v) is 5.54. The zero-order valence-corrected chi connectivity index (χ0v) is 10.7. The Balaban J connectivity index is 2.19. The van der Waals surface area contributed by atoms with Crippen molar-refractivity contribution in [1.82, 2.24) is 4.98 Å². The molecule has 3 N–H and O–H groups in total. The van der Waals surface area contributed by atoms with E-state index in [1.807, 2.05) is 31.4 Å². The Bertz CT molecular complexity index is 547. The topological polar surface area (TPSA) is 68.0 Å². The van der Waals surface area contributed by atoms with Gasteiger partial charge in [-0.25, -0.2) is 4.98 Å². The van der Waals surface area contributed by atoms with Gasteiger partial charge in [0.1, 0.15) is 5.82 Å². The van der Waals surface area contributed by atoms with Gasteiger partial charge in [0.2, 0.25) is 5.91 Å². The fourth-order valence-corrected chi connectivity index (χ4v) is 2.21. The van der Waals surface area contributed by atoms with Crippen LogP contribution in [0.3, 0.4) is 0 Å². The van der Waals surface area contributed by atoms with E-state index in [2.05, 4.69) is 10.3 Å². The highest BCUT2D eigenvalue weighted by Crippen LogP contribution is 2.26. The fraction of sp³-hybridized carbons (Fsp3) is 0.333. The van der Waals surface area contributed by atoms with Gasteiger partial charge in [0, 0.05) is 22.8 Å². The van der Waals surface area contributed by atoms with Crippen molar-refractivity contribution < 1.29 is 4.79 Å². The number of primary amides is 1. The minimum atomic E-state index is -0.583. The van der Waals surface area contributed by atoms with E-state index < -0.39 is 5.41 Å². The molecule has 2 heterocycles. The van der Waals surface area contributed by atoms with E-state index in [4.69, 9.17) is 5.73 Å². The maximum atomic E-state index is 11.2. The van der Waals surface area contributed by atoms with Crippen LogP contribution in [0.15, 0.2) is 23.7 Å². The Kier molecular flexibility index (Phi) is 3.02. The third-order valence-corrected chi connectivity index (χ3v) is 3.63. The molecule has 2 aromatic heterocycles. The van der Waals surface area contributed by atoms with Crippen molar-refractivity contribution in [1.29, 1.82) is 0 Å². The molecule has 0 atom stereocenters. The number of nitrogens with one attached hydrogen (secondary N) is 1. The highest BCUT2D eigenvalue weighted by molar-refractivity contribution is 7.17. The molecule has 0 unspecified atom stereocenters. The van der Waals surface area contributed by atoms with Crippen LogP contribution in [0.5, 0.6) is 0 Å². The van der Waals surface area contributed by atoms with Crippen molar-refractivity contribution in [2.75, 3.05) is 11.9 Å². The molecule has 0 radical (unpaired) electrons. The van der Waals surface area contributed by atoms with Crippen LogP contribution in [0.2, 0.25) is 0 Å². The Hall–Kier alpha value is -1.62. The summed E-state index contributed by atoms with van der Waals surface area (Å²) < 4.78 is 1.18. The summed E-state index contributed by atoms with van der Waals surface area (Å²) in [4.78, 5) is 15.5. The minimum Gasteiger partial charge on any atom is -0.369 e. The lowest BCUT2D eigenvalue weighted by atomic mass is 9.93. The summed E-state index contributed by atoms with van der Waals surface area (Å²) in [5.41, 5.74) is 4.75. The molecule has 17 heavy (non-hydrogen) atoms. The standard InChI is InChI=1S/C12H15N3OS/c1-12(2,11(13)16)7-15-10-8-4-6-17-9(8)3-5-14-10/h3-6H,7H2,1-2H3,(H2,13,16)(H,14,15). The summed E-state index contributed by atoms with van der Waals surface area (Å²) >= 11 is 1.67. The van der Waals surface area contributed by atoms with Gasteiger partial charge in [0.25, 0.3) is 0 Å². The molecule has 0 bridgehead atoms. The zero-order valence-electron chi connectivity index (χ0n) is 9.86. The monoisotopic (exact) mass is 249 g/mol. The molecule has 90 valence electrons. The highest BCUT2D eigenvalue weighted by atomic mass is 32.1. The van der Waals surface area contributed by atoms with Gasteiger partial charge in [-0.15, -0.1) is 11.3 Å². The van der Waals surface area contributed by atoms with Crippen LogP contribution in [-0.2, 0) is 4.79 Å². The van der Waals surface area contributed by atoms with Crippen LogP contribution in [0.4, 0.5) is 5.82 Å². The number of anilines is 1. The number of thiophene rings is 1. The van der Waals surface area contributed by atoms with Gasteiger partial charge >= 0.3 is 0 Å². The first-order valence-corrected chi connectivity index (χ1v) is 6.25. The van der Waals surface area contributed by atoms with E-state index in [0.717, 1.165) is 11.2 Å². The summed E-state index contributed by atoms with van der Waals surface area (Å²) in [6.45, 7) is 4.11.